The molecule has 6 rings (SSSR count). The minimum absolute atomic E-state index is 0.0247. The molecule has 0 radical (unpaired) electrons. The number of ether oxygens (including phenoxy) is 7. The number of hydrogen-bond donors (Lipinski definition) is 1. The van der Waals surface area contributed by atoms with Gasteiger partial charge in [0.15, 0.2) is 11.9 Å². The lowest BCUT2D eigenvalue weighted by Gasteiger charge is -2.48. The van der Waals surface area contributed by atoms with Gasteiger partial charge in [0, 0.05) is 37.7 Å². The zero-order valence-corrected chi connectivity index (χ0v) is 34.3. The third-order valence-electron chi connectivity index (χ3n) is 12.1. The number of aliphatic hydroxyl groups is 1. The summed E-state index contributed by atoms with van der Waals surface area (Å²) in [5.74, 6) is -3.12. The molecule has 12 atom stereocenters. The number of benzene rings is 1. The molecule has 5 aliphatic rings. The van der Waals surface area contributed by atoms with Gasteiger partial charge in [0.05, 0.1) is 25.9 Å². The molecule has 1 aromatic carbocycles. The lowest BCUT2D eigenvalue weighted by molar-refractivity contribution is -0.300. The van der Waals surface area contributed by atoms with Crippen molar-refractivity contribution in [2.75, 3.05) is 13.7 Å². The number of rotatable bonds is 7. The minimum atomic E-state index is -1.92. The summed E-state index contributed by atoms with van der Waals surface area (Å²) in [4.78, 5) is 40.1. The second-order valence-corrected chi connectivity index (χ2v) is 16.3. The van der Waals surface area contributed by atoms with Crippen LogP contribution in [0.1, 0.15) is 79.7 Å². The SMILES string of the molecule is CC[C@H](C)[C@H]1O[C@]2(C=C[C@@H]1C)C[C@@H]1C[C@@H](C/C=C(\C)[C@@H](OC(C)=O)[C@@H](C)/C=C/C=C3\CO[C@@H]4[C@H](OC(=O)/C=C/c5ccc(OC)cc5)C(C)=C[C@@H](C(=O)O1)[C@]34O)O2. The number of allylic oxidation sites excluding steroid dienone is 2. The zero-order valence-electron chi connectivity index (χ0n) is 34.3. The first kappa shape index (κ1) is 42.3. The van der Waals surface area contributed by atoms with Crippen molar-refractivity contribution in [1.29, 1.82) is 0 Å². The van der Waals surface area contributed by atoms with Gasteiger partial charge in [-0.25, -0.2) is 4.79 Å². The lowest BCUT2D eigenvalue weighted by Crippen LogP contribution is -2.59. The summed E-state index contributed by atoms with van der Waals surface area (Å²) in [6, 6.07) is 7.20. The van der Waals surface area contributed by atoms with Crippen LogP contribution in [0.4, 0.5) is 0 Å². The van der Waals surface area contributed by atoms with Gasteiger partial charge in [-0.15, -0.1) is 0 Å². The Bertz CT molecular complexity index is 1840. The molecule has 11 heteroatoms. The molecule has 2 saturated heterocycles. The van der Waals surface area contributed by atoms with Crippen LogP contribution in [0.15, 0.2) is 89.6 Å². The van der Waals surface area contributed by atoms with Gasteiger partial charge in [-0.3, -0.25) is 9.59 Å². The van der Waals surface area contributed by atoms with Crippen molar-refractivity contribution in [1.82, 2.24) is 0 Å². The van der Waals surface area contributed by atoms with Crippen LogP contribution in [0.2, 0.25) is 0 Å². The largest absolute Gasteiger partial charge is 0.497 e. The number of fused-ring (bicyclic) bond motifs is 2. The van der Waals surface area contributed by atoms with Gasteiger partial charge in [-0.05, 0) is 72.8 Å². The van der Waals surface area contributed by atoms with Crippen molar-refractivity contribution in [2.24, 2.45) is 23.7 Å². The highest BCUT2D eigenvalue weighted by atomic mass is 16.7. The van der Waals surface area contributed by atoms with Crippen LogP contribution >= 0.6 is 0 Å². The summed E-state index contributed by atoms with van der Waals surface area (Å²) in [6.07, 6.45) is 14.3. The van der Waals surface area contributed by atoms with Crippen molar-refractivity contribution < 1.29 is 52.6 Å². The maximum absolute atomic E-state index is 14.5. The highest BCUT2D eigenvalue weighted by molar-refractivity contribution is 5.87. The standard InChI is InChI=1S/C46H58O11/c1-9-27(2)41-30(5)21-22-45(57-41)25-37-24-36(56-45)17-13-29(4)40(53-32(7)47)28(3)11-10-12-34-26-52-43-42(31(6)23-38(44(49)54-37)46(34,43)50)55-39(48)20-16-33-14-18-35(51-8)19-15-33/h10-16,18-23,27-28,30,36-38,40-43,50H,9,17,24-26H2,1-8H3/b11-10+,20-16+,29-13+,34-12+/t27-,28-,30-,36+,37-,38-,40-,41+,42+,43+,45+,46+/m0/s1. The molecular formula is C46H58O11. The van der Waals surface area contributed by atoms with Gasteiger partial charge in [0.1, 0.15) is 35.6 Å². The maximum atomic E-state index is 14.5. The van der Waals surface area contributed by atoms with Gasteiger partial charge in [0.2, 0.25) is 0 Å². The minimum Gasteiger partial charge on any atom is -0.497 e. The van der Waals surface area contributed by atoms with E-state index in [4.69, 9.17) is 33.2 Å². The summed E-state index contributed by atoms with van der Waals surface area (Å²) in [7, 11) is 1.58. The number of esters is 3. The van der Waals surface area contributed by atoms with E-state index in [-0.39, 0.29) is 36.9 Å². The molecule has 2 bridgehead atoms. The number of hydrogen-bond acceptors (Lipinski definition) is 11. The summed E-state index contributed by atoms with van der Waals surface area (Å²) in [6.45, 7) is 13.4. The Balaban J connectivity index is 1.36. The molecular weight excluding hydrogens is 728 g/mol. The fourth-order valence-electron chi connectivity index (χ4n) is 8.70. The molecule has 0 saturated carbocycles. The third-order valence-corrected chi connectivity index (χ3v) is 12.1. The van der Waals surface area contributed by atoms with E-state index in [1.54, 1.807) is 50.5 Å². The highest BCUT2D eigenvalue weighted by Crippen LogP contribution is 2.48. The van der Waals surface area contributed by atoms with Crippen LogP contribution in [-0.4, -0.2) is 84.7 Å². The van der Waals surface area contributed by atoms with Gasteiger partial charge < -0.3 is 38.3 Å². The average molecular weight is 787 g/mol. The van der Waals surface area contributed by atoms with Crippen LogP contribution in [0.25, 0.3) is 6.08 Å². The number of carbonyl (C=O) groups excluding carboxylic acids is 3. The number of methoxy groups -OCH3 is 1. The summed E-state index contributed by atoms with van der Waals surface area (Å²) in [5.41, 5.74) is 0.672. The van der Waals surface area contributed by atoms with Crippen LogP contribution < -0.4 is 4.74 Å². The van der Waals surface area contributed by atoms with Crippen LogP contribution in [0, 0.1) is 23.7 Å². The summed E-state index contributed by atoms with van der Waals surface area (Å²) >= 11 is 0. The Morgan fingerprint density at radius 3 is 2.47 bits per heavy atom. The molecule has 308 valence electrons. The lowest BCUT2D eigenvalue weighted by atomic mass is 9.70. The molecule has 1 N–H and O–H groups in total. The first-order valence-corrected chi connectivity index (χ1v) is 20.2. The van der Waals surface area contributed by atoms with Gasteiger partial charge >= 0.3 is 17.9 Å². The maximum Gasteiger partial charge on any atom is 0.331 e. The van der Waals surface area contributed by atoms with Crippen molar-refractivity contribution in [3.8, 4) is 5.75 Å². The topological polar surface area (TPSA) is 136 Å². The molecule has 4 heterocycles. The van der Waals surface area contributed by atoms with Gasteiger partial charge in [0.25, 0.3) is 0 Å². The molecule has 1 spiro atoms. The fourth-order valence-corrected chi connectivity index (χ4v) is 8.70. The highest BCUT2D eigenvalue weighted by Gasteiger charge is 2.61. The molecule has 57 heavy (non-hydrogen) atoms. The number of carbonyl (C=O) groups is 3. The Morgan fingerprint density at radius 2 is 1.77 bits per heavy atom. The van der Waals surface area contributed by atoms with E-state index in [1.807, 2.05) is 44.2 Å². The van der Waals surface area contributed by atoms with Crippen molar-refractivity contribution in [3.63, 3.8) is 0 Å². The van der Waals surface area contributed by atoms with E-state index in [0.29, 0.717) is 29.7 Å². The van der Waals surface area contributed by atoms with Crippen molar-refractivity contribution in [2.45, 2.75) is 122 Å². The second kappa shape index (κ2) is 17.7. The quantitative estimate of drug-likeness (QED) is 0.131. The van der Waals surface area contributed by atoms with Crippen molar-refractivity contribution >= 4 is 24.0 Å². The van der Waals surface area contributed by atoms with Crippen LogP contribution in [-0.2, 0) is 42.8 Å². The van der Waals surface area contributed by atoms with Crippen molar-refractivity contribution in [3.05, 3.63) is 95.2 Å². The predicted molar refractivity (Wildman–Crippen MR) is 214 cm³/mol. The third kappa shape index (κ3) is 9.22. The Kier molecular flexibility index (Phi) is 13.1. The molecule has 0 aromatic heterocycles. The molecule has 2 fully saturated rings. The second-order valence-electron chi connectivity index (χ2n) is 16.3. The van der Waals surface area contributed by atoms with E-state index >= 15 is 0 Å². The van der Waals surface area contributed by atoms with E-state index in [2.05, 4.69) is 26.8 Å². The normalized spacial score (nSPS) is 38.4. The molecule has 1 aliphatic carbocycles. The zero-order chi connectivity index (χ0) is 41.1. The monoisotopic (exact) mass is 786 g/mol. The Hall–Kier alpha value is -4.29. The summed E-state index contributed by atoms with van der Waals surface area (Å²) < 4.78 is 43.2. The van der Waals surface area contributed by atoms with E-state index in [1.165, 1.54) is 13.0 Å². The van der Waals surface area contributed by atoms with Gasteiger partial charge in [-0.1, -0.05) is 82.7 Å². The molecule has 11 nitrogen and oxygen atoms in total. The first-order chi connectivity index (χ1) is 27.2. The average Bonchev–Trinajstić information content (AvgIpc) is 3.52. The first-order valence-electron chi connectivity index (χ1n) is 20.2. The summed E-state index contributed by atoms with van der Waals surface area (Å²) in [5, 5.41) is 12.8. The van der Waals surface area contributed by atoms with Crippen LogP contribution in [0.5, 0.6) is 5.75 Å². The van der Waals surface area contributed by atoms with Gasteiger partial charge in [-0.2, -0.15) is 0 Å². The molecule has 0 amide bonds. The van der Waals surface area contributed by atoms with Crippen LogP contribution in [0.3, 0.4) is 0 Å². The Labute approximate surface area is 336 Å². The molecule has 0 unspecified atom stereocenters. The fraction of sp³-hybridized carbons (Fsp3) is 0.543. The predicted octanol–water partition coefficient (Wildman–Crippen LogP) is 7.15. The Morgan fingerprint density at radius 1 is 1.02 bits per heavy atom. The van der Waals surface area contributed by atoms with E-state index in [0.717, 1.165) is 17.6 Å². The van der Waals surface area contributed by atoms with E-state index < -0.39 is 65.7 Å². The molecule has 4 aliphatic heterocycles. The van der Waals surface area contributed by atoms with E-state index in [9.17, 15) is 19.5 Å². The molecule has 1 aromatic rings. The smallest absolute Gasteiger partial charge is 0.331 e.